The first-order valence-corrected chi connectivity index (χ1v) is 9.64. The van der Waals surface area contributed by atoms with Crippen LogP contribution in [0.4, 0.5) is 22.0 Å². The molecule has 174 valence electrons. The minimum absolute atomic E-state index is 0.0694. The van der Waals surface area contributed by atoms with Crippen molar-refractivity contribution in [3.8, 4) is 11.7 Å². The lowest BCUT2D eigenvalue weighted by Crippen LogP contribution is -2.58. The first-order chi connectivity index (χ1) is 15.4. The summed E-state index contributed by atoms with van der Waals surface area (Å²) in [5.41, 5.74) is -4.38. The number of rotatable bonds is 3. The zero-order valence-electron chi connectivity index (χ0n) is 17.6. The number of halogens is 5. The second kappa shape index (κ2) is 7.42. The van der Waals surface area contributed by atoms with Crippen LogP contribution in [0.15, 0.2) is 30.3 Å². The molecule has 2 N–H and O–H groups in total. The van der Waals surface area contributed by atoms with Gasteiger partial charge in [-0.05, 0) is 25.1 Å². The average Bonchev–Trinajstić information content (AvgIpc) is 3.09. The number of alkyl halides is 3. The zero-order valence-corrected chi connectivity index (χ0v) is 17.6. The number of carbonyl (C=O) groups excluding carboxylic acids is 1. The van der Waals surface area contributed by atoms with E-state index < -0.39 is 40.3 Å². The number of nitrogens with one attached hydrogen (secondary N) is 2. The quantitative estimate of drug-likeness (QED) is 0.572. The molecular weight excluding hydrogens is 449 g/mol. The summed E-state index contributed by atoms with van der Waals surface area (Å²) in [6.07, 6.45) is -5.31. The molecule has 1 aliphatic rings. The summed E-state index contributed by atoms with van der Waals surface area (Å²) in [5.74, 6) is -3.23. The molecule has 2 heterocycles. The van der Waals surface area contributed by atoms with Crippen LogP contribution in [-0.2, 0) is 16.5 Å². The van der Waals surface area contributed by atoms with Crippen molar-refractivity contribution in [3.05, 3.63) is 53.1 Å². The van der Waals surface area contributed by atoms with Crippen molar-refractivity contribution in [2.45, 2.75) is 25.1 Å². The van der Waals surface area contributed by atoms with Gasteiger partial charge >= 0.3 is 12.2 Å². The van der Waals surface area contributed by atoms with E-state index in [1.165, 1.54) is 32.2 Å². The van der Waals surface area contributed by atoms with Gasteiger partial charge in [0.05, 0.1) is 35.8 Å². The van der Waals surface area contributed by atoms with Gasteiger partial charge in [-0.25, -0.2) is 8.78 Å². The van der Waals surface area contributed by atoms with Gasteiger partial charge in [0.2, 0.25) is 5.91 Å². The fraction of sp³-hybridized carbons (Fsp3) is 0.286. The number of hydrogen-bond donors (Lipinski definition) is 2. The summed E-state index contributed by atoms with van der Waals surface area (Å²) in [4.78, 5) is 17.3. The topological polar surface area (TPSA) is 83.2 Å². The maximum absolute atomic E-state index is 15.9. The maximum atomic E-state index is 15.9. The highest BCUT2D eigenvalue weighted by Gasteiger charge is 2.42. The number of hydrogen-bond acceptors (Lipinski definition) is 4. The predicted octanol–water partition coefficient (Wildman–Crippen LogP) is 3.93. The molecule has 33 heavy (non-hydrogen) atoms. The number of fused-ring (bicyclic) bond motifs is 1. The molecule has 1 aromatic heterocycles. The Morgan fingerprint density at radius 1 is 1.21 bits per heavy atom. The average molecular weight is 467 g/mol. The number of imidazole rings is 1. The normalized spacial score (nSPS) is 19.2. The molecule has 0 radical (unpaired) electrons. The Labute approximate surface area is 184 Å². The van der Waals surface area contributed by atoms with Crippen molar-refractivity contribution < 1.29 is 31.5 Å². The molecule has 7 nitrogen and oxygen atoms in total. The number of guanidine groups is 1. The van der Waals surface area contributed by atoms with Gasteiger partial charge in [0.25, 0.3) is 0 Å². The minimum atomic E-state index is -5.09. The highest BCUT2D eigenvalue weighted by molar-refractivity contribution is 5.99. The van der Waals surface area contributed by atoms with Gasteiger partial charge in [-0.2, -0.15) is 18.2 Å². The number of methoxy groups -OCH3 is 1. The van der Waals surface area contributed by atoms with Crippen LogP contribution in [0.3, 0.4) is 0 Å². The van der Waals surface area contributed by atoms with Gasteiger partial charge in [-0.1, -0.05) is 12.1 Å². The molecule has 0 bridgehead atoms. The Kier molecular flexibility index (Phi) is 5.06. The summed E-state index contributed by atoms with van der Waals surface area (Å²) in [6, 6.07) is 5.22. The van der Waals surface area contributed by atoms with Crippen LogP contribution in [0.2, 0.25) is 0 Å². The zero-order chi connectivity index (χ0) is 24.3. The Morgan fingerprint density at radius 2 is 1.91 bits per heavy atom. The Morgan fingerprint density at radius 3 is 2.52 bits per heavy atom. The molecule has 12 heteroatoms. The second-order valence-electron chi connectivity index (χ2n) is 7.80. The molecule has 2 aromatic carbocycles. The van der Waals surface area contributed by atoms with E-state index in [4.69, 9.17) is 10.1 Å². The van der Waals surface area contributed by atoms with E-state index >= 15 is 4.39 Å². The Bertz CT molecular complexity index is 1280. The molecule has 1 aliphatic heterocycles. The first-order valence-electron chi connectivity index (χ1n) is 9.64. The van der Waals surface area contributed by atoms with Crippen molar-refractivity contribution >= 4 is 22.9 Å². The third kappa shape index (κ3) is 3.45. The minimum Gasteiger partial charge on any atom is -0.468 e. The van der Waals surface area contributed by atoms with Gasteiger partial charge in [-0.15, -0.1) is 0 Å². The van der Waals surface area contributed by atoms with Gasteiger partial charge < -0.3 is 10.1 Å². The molecule has 0 saturated carbocycles. The number of benzene rings is 2. The second-order valence-corrected chi connectivity index (χ2v) is 7.80. The number of nitrogens with zero attached hydrogens (tertiary/aromatic N) is 3. The molecule has 0 aliphatic carbocycles. The number of aromatic nitrogens is 2. The highest BCUT2D eigenvalue weighted by Crippen LogP contribution is 2.41. The summed E-state index contributed by atoms with van der Waals surface area (Å²) < 4.78 is 77.3. The molecule has 0 spiro atoms. The van der Waals surface area contributed by atoms with E-state index in [9.17, 15) is 22.4 Å². The number of ether oxygens (including phenoxy) is 1. The smallest absolute Gasteiger partial charge is 0.421 e. The van der Waals surface area contributed by atoms with Crippen molar-refractivity contribution in [3.63, 3.8) is 0 Å². The lowest BCUT2D eigenvalue weighted by Gasteiger charge is -2.39. The van der Waals surface area contributed by atoms with Crippen LogP contribution in [0.1, 0.15) is 24.5 Å². The summed E-state index contributed by atoms with van der Waals surface area (Å²) in [6.45, 7) is 1.50. The van der Waals surface area contributed by atoms with E-state index in [1.807, 2.05) is 0 Å². The van der Waals surface area contributed by atoms with Crippen molar-refractivity contribution in [2.24, 2.45) is 0 Å². The largest absolute Gasteiger partial charge is 0.468 e. The fourth-order valence-corrected chi connectivity index (χ4v) is 3.97. The standard InChI is InChI=1S/C21H18F5N5O2/c1-20(9-14(32)30(2)18(27)29-20)10-5-4-6-13(16(10)23)31-17-12(28-19(31)33-3)8-7-11(22)15(17)21(24,25)26/h4-8H,9H2,1-3H3,(H2,27,29)/t20-/m0/s1. The van der Waals surface area contributed by atoms with E-state index in [0.29, 0.717) is 6.07 Å². The fourth-order valence-electron chi connectivity index (χ4n) is 3.97. The van der Waals surface area contributed by atoms with Gasteiger partial charge in [0, 0.05) is 12.6 Å². The molecule has 1 atom stereocenters. The van der Waals surface area contributed by atoms with Crippen molar-refractivity contribution in [1.82, 2.24) is 19.8 Å². The van der Waals surface area contributed by atoms with Crippen LogP contribution in [0, 0.1) is 17.0 Å². The Hall–Kier alpha value is -3.70. The lowest BCUT2D eigenvalue weighted by molar-refractivity contribution is -0.138. The SMILES string of the molecule is COc1nc2ccc(F)c(C(F)(F)F)c2n1-c1cccc([C@]2(C)CC(=O)N(C)C(=N)N2)c1F. The van der Waals surface area contributed by atoms with Crippen LogP contribution in [0.25, 0.3) is 16.7 Å². The van der Waals surface area contributed by atoms with Crippen LogP contribution in [-0.4, -0.2) is 40.5 Å². The van der Waals surface area contributed by atoms with Gasteiger partial charge in [0.15, 0.2) is 11.8 Å². The van der Waals surface area contributed by atoms with Crippen LogP contribution >= 0.6 is 0 Å². The summed E-state index contributed by atoms with van der Waals surface area (Å²) >= 11 is 0. The lowest BCUT2D eigenvalue weighted by atomic mass is 9.86. The molecule has 4 rings (SSSR count). The third-order valence-electron chi connectivity index (χ3n) is 5.63. The van der Waals surface area contributed by atoms with E-state index in [0.717, 1.165) is 22.6 Å². The monoisotopic (exact) mass is 467 g/mol. The summed E-state index contributed by atoms with van der Waals surface area (Å²) in [7, 11) is 2.53. The van der Waals surface area contributed by atoms with Crippen molar-refractivity contribution in [2.75, 3.05) is 14.2 Å². The molecule has 1 amide bonds. The third-order valence-corrected chi connectivity index (χ3v) is 5.63. The van der Waals surface area contributed by atoms with Gasteiger partial charge in [0.1, 0.15) is 11.4 Å². The molecule has 3 aromatic rings. The number of amides is 1. The summed E-state index contributed by atoms with van der Waals surface area (Å²) in [5, 5.41) is 10.7. The van der Waals surface area contributed by atoms with Crippen molar-refractivity contribution in [1.29, 1.82) is 5.41 Å². The molecular formula is C21H18F5N5O2. The van der Waals surface area contributed by atoms with Gasteiger partial charge in [-0.3, -0.25) is 19.7 Å². The predicted molar refractivity (Wildman–Crippen MR) is 108 cm³/mol. The molecule has 1 saturated heterocycles. The highest BCUT2D eigenvalue weighted by atomic mass is 19.4. The molecule has 0 unspecified atom stereocenters. The Balaban J connectivity index is 2.00. The first kappa shape index (κ1) is 22.5. The van der Waals surface area contributed by atoms with Crippen LogP contribution < -0.4 is 10.1 Å². The maximum Gasteiger partial charge on any atom is 0.421 e. The number of carbonyl (C=O) groups is 1. The van der Waals surface area contributed by atoms with E-state index in [2.05, 4.69) is 10.3 Å². The van der Waals surface area contributed by atoms with Crippen LogP contribution in [0.5, 0.6) is 6.01 Å². The molecule has 1 fully saturated rings. The van der Waals surface area contributed by atoms with E-state index in [1.54, 1.807) is 0 Å². The van der Waals surface area contributed by atoms with E-state index in [-0.39, 0.29) is 35.2 Å².